The Kier molecular flexibility index (Phi) is 5.25. The van der Waals surface area contributed by atoms with Crippen LogP contribution in [0.4, 0.5) is 4.39 Å². The molecule has 0 spiro atoms. The van der Waals surface area contributed by atoms with Gasteiger partial charge in [-0.2, -0.15) is 0 Å². The van der Waals surface area contributed by atoms with E-state index in [0.717, 1.165) is 10.5 Å². The Morgan fingerprint density at radius 1 is 1.24 bits per heavy atom. The van der Waals surface area contributed by atoms with Crippen LogP contribution in [-0.2, 0) is 10.8 Å². The van der Waals surface area contributed by atoms with E-state index in [-0.39, 0.29) is 17.1 Å². The molecule has 21 heavy (non-hydrogen) atoms. The Balaban J connectivity index is 2.20. The lowest BCUT2D eigenvalue weighted by atomic mass is 10.1. The average molecular weight is 371 g/mol. The van der Waals surface area contributed by atoms with Crippen molar-refractivity contribution in [1.29, 1.82) is 0 Å². The summed E-state index contributed by atoms with van der Waals surface area (Å²) in [6.07, 6.45) is 0. The number of rotatable bonds is 5. The largest absolute Gasteiger partial charge is 0.496 e. The van der Waals surface area contributed by atoms with E-state index in [4.69, 9.17) is 4.74 Å². The van der Waals surface area contributed by atoms with Gasteiger partial charge in [-0.25, -0.2) is 4.39 Å². The smallest absolute Gasteiger partial charge is 0.179 e. The fourth-order valence-electron chi connectivity index (χ4n) is 1.76. The van der Waals surface area contributed by atoms with Crippen LogP contribution in [0.25, 0.3) is 0 Å². The topological polar surface area (TPSA) is 43.4 Å². The van der Waals surface area contributed by atoms with Crippen molar-refractivity contribution in [2.24, 2.45) is 0 Å². The lowest BCUT2D eigenvalue weighted by Crippen LogP contribution is -2.12. The molecule has 0 aliphatic heterocycles. The summed E-state index contributed by atoms with van der Waals surface area (Å²) in [5.74, 6) is -0.906. The Labute approximate surface area is 132 Å². The van der Waals surface area contributed by atoms with Gasteiger partial charge in [0.05, 0.1) is 29.2 Å². The fraction of sp³-hybridized carbons (Fsp3) is 0.133. The monoisotopic (exact) mass is 370 g/mol. The van der Waals surface area contributed by atoms with Crippen LogP contribution in [0.15, 0.2) is 51.8 Å². The summed E-state index contributed by atoms with van der Waals surface area (Å²) in [6, 6.07) is 10.5. The third kappa shape index (κ3) is 3.98. The molecule has 0 aromatic heterocycles. The molecule has 110 valence electrons. The highest BCUT2D eigenvalue weighted by molar-refractivity contribution is 9.10. The van der Waals surface area contributed by atoms with Crippen molar-refractivity contribution >= 4 is 32.5 Å². The third-order valence-electron chi connectivity index (χ3n) is 2.80. The minimum Gasteiger partial charge on any atom is -0.496 e. The number of ketones is 1. The van der Waals surface area contributed by atoms with Crippen molar-refractivity contribution < 1.29 is 18.1 Å². The van der Waals surface area contributed by atoms with E-state index in [2.05, 4.69) is 15.9 Å². The second kappa shape index (κ2) is 6.95. The van der Waals surface area contributed by atoms with Gasteiger partial charge in [-0.3, -0.25) is 9.00 Å². The minimum absolute atomic E-state index is 0.1000. The predicted molar refractivity (Wildman–Crippen MR) is 82.7 cm³/mol. The number of benzene rings is 2. The molecule has 0 bridgehead atoms. The predicted octanol–water partition coefficient (Wildman–Crippen LogP) is 3.59. The normalized spacial score (nSPS) is 12.0. The maximum atomic E-state index is 13.3. The zero-order chi connectivity index (χ0) is 15.4. The number of halogens is 2. The summed E-state index contributed by atoms with van der Waals surface area (Å²) < 4.78 is 31.3. The second-order valence-electron chi connectivity index (χ2n) is 4.21. The summed E-state index contributed by atoms with van der Waals surface area (Å²) in [5, 5.41) is 0. The maximum Gasteiger partial charge on any atom is 0.179 e. The molecule has 0 saturated heterocycles. The molecule has 1 unspecified atom stereocenters. The SMILES string of the molecule is COc1ccc(F)cc1C(=O)CS(=O)c1ccc(Br)cc1. The van der Waals surface area contributed by atoms with Gasteiger partial charge < -0.3 is 4.74 Å². The van der Waals surface area contributed by atoms with E-state index in [1.54, 1.807) is 24.3 Å². The van der Waals surface area contributed by atoms with Gasteiger partial charge in [0.2, 0.25) is 0 Å². The molecular weight excluding hydrogens is 359 g/mol. The van der Waals surface area contributed by atoms with Crippen molar-refractivity contribution in [2.75, 3.05) is 12.9 Å². The summed E-state index contributed by atoms with van der Waals surface area (Å²) in [6.45, 7) is 0. The molecule has 0 fully saturated rings. The van der Waals surface area contributed by atoms with E-state index in [0.29, 0.717) is 4.90 Å². The maximum absolute atomic E-state index is 13.3. The van der Waals surface area contributed by atoms with Crippen molar-refractivity contribution in [3.63, 3.8) is 0 Å². The quantitative estimate of drug-likeness (QED) is 0.755. The van der Waals surface area contributed by atoms with Crippen molar-refractivity contribution in [3.05, 3.63) is 58.3 Å². The van der Waals surface area contributed by atoms with Crippen molar-refractivity contribution in [3.8, 4) is 5.75 Å². The van der Waals surface area contributed by atoms with Crippen LogP contribution in [-0.4, -0.2) is 22.9 Å². The Hall–Kier alpha value is -1.53. The molecule has 0 saturated carbocycles. The fourth-order valence-corrected chi connectivity index (χ4v) is 3.03. The van der Waals surface area contributed by atoms with Gasteiger partial charge >= 0.3 is 0 Å². The number of Topliss-reactive ketones (excluding diaryl/α,β-unsaturated/α-hetero) is 1. The highest BCUT2D eigenvalue weighted by atomic mass is 79.9. The van der Waals surface area contributed by atoms with Crippen LogP contribution >= 0.6 is 15.9 Å². The highest BCUT2D eigenvalue weighted by Crippen LogP contribution is 2.21. The van der Waals surface area contributed by atoms with E-state index in [1.165, 1.54) is 19.2 Å². The van der Waals surface area contributed by atoms with Crippen LogP contribution < -0.4 is 4.74 Å². The molecule has 2 aromatic rings. The molecule has 0 radical (unpaired) electrons. The van der Waals surface area contributed by atoms with Gasteiger partial charge in [0.1, 0.15) is 11.6 Å². The summed E-state index contributed by atoms with van der Waals surface area (Å²) in [4.78, 5) is 12.7. The zero-order valence-electron chi connectivity index (χ0n) is 11.1. The molecule has 3 nitrogen and oxygen atoms in total. The number of carbonyl (C=O) groups excluding carboxylic acids is 1. The van der Waals surface area contributed by atoms with Crippen LogP contribution in [0.5, 0.6) is 5.75 Å². The van der Waals surface area contributed by atoms with Crippen LogP contribution in [0.1, 0.15) is 10.4 Å². The van der Waals surface area contributed by atoms with Gasteiger partial charge in [0.15, 0.2) is 5.78 Å². The lowest BCUT2D eigenvalue weighted by molar-refractivity contribution is 0.101. The molecule has 0 N–H and O–H groups in total. The Bertz CT molecular complexity index is 686. The van der Waals surface area contributed by atoms with E-state index >= 15 is 0 Å². The first-order valence-corrected chi connectivity index (χ1v) is 8.13. The van der Waals surface area contributed by atoms with Crippen LogP contribution in [0, 0.1) is 5.82 Å². The molecule has 0 aliphatic carbocycles. The van der Waals surface area contributed by atoms with Crippen LogP contribution in [0.2, 0.25) is 0 Å². The first kappa shape index (κ1) is 15.9. The summed E-state index contributed by atoms with van der Waals surface area (Å²) >= 11 is 3.28. The number of methoxy groups -OCH3 is 1. The number of carbonyl (C=O) groups is 1. The number of ether oxygens (including phenoxy) is 1. The van der Waals surface area contributed by atoms with Gasteiger partial charge in [-0.1, -0.05) is 15.9 Å². The van der Waals surface area contributed by atoms with Gasteiger partial charge in [-0.15, -0.1) is 0 Å². The van der Waals surface area contributed by atoms with Gasteiger partial charge in [-0.05, 0) is 42.5 Å². The molecule has 0 heterocycles. The first-order valence-electron chi connectivity index (χ1n) is 6.02. The van der Waals surface area contributed by atoms with E-state index in [1.807, 2.05) is 0 Å². The lowest BCUT2D eigenvalue weighted by Gasteiger charge is -2.08. The highest BCUT2D eigenvalue weighted by Gasteiger charge is 2.17. The average Bonchev–Trinajstić information content (AvgIpc) is 2.47. The zero-order valence-corrected chi connectivity index (χ0v) is 13.5. The molecule has 2 rings (SSSR count). The standard InChI is InChI=1S/C15H12BrFO3S/c1-20-15-7-4-11(17)8-13(15)14(18)9-21(19)12-5-2-10(16)3-6-12/h2-8H,9H2,1H3. The van der Waals surface area contributed by atoms with Crippen molar-refractivity contribution in [2.45, 2.75) is 4.90 Å². The van der Waals surface area contributed by atoms with E-state index in [9.17, 15) is 13.4 Å². The van der Waals surface area contributed by atoms with Gasteiger partial charge in [0, 0.05) is 9.37 Å². The number of hydrogen-bond donors (Lipinski definition) is 0. The molecular formula is C15H12BrFO3S. The van der Waals surface area contributed by atoms with Crippen molar-refractivity contribution in [1.82, 2.24) is 0 Å². The van der Waals surface area contributed by atoms with E-state index < -0.39 is 22.4 Å². The Morgan fingerprint density at radius 2 is 1.90 bits per heavy atom. The molecule has 2 aromatic carbocycles. The molecule has 1 atom stereocenters. The van der Waals surface area contributed by atoms with Gasteiger partial charge in [0.25, 0.3) is 0 Å². The second-order valence-corrected chi connectivity index (χ2v) is 6.58. The molecule has 0 aliphatic rings. The molecule has 6 heteroatoms. The summed E-state index contributed by atoms with van der Waals surface area (Å²) in [7, 11) is -0.0890. The Morgan fingerprint density at radius 3 is 2.52 bits per heavy atom. The molecule has 0 amide bonds. The first-order chi connectivity index (χ1) is 10.0. The number of hydrogen-bond acceptors (Lipinski definition) is 3. The summed E-state index contributed by atoms with van der Waals surface area (Å²) in [5.41, 5.74) is 0.1000. The minimum atomic E-state index is -1.49. The van der Waals surface area contributed by atoms with Crippen LogP contribution in [0.3, 0.4) is 0 Å². The third-order valence-corrected chi connectivity index (χ3v) is 4.65.